The molecular formula is C49H52F2N12O7. The van der Waals surface area contributed by atoms with Crippen LogP contribution in [0.15, 0.2) is 66.9 Å². The summed E-state index contributed by atoms with van der Waals surface area (Å²) in [5, 5.41) is 9.65. The number of alkyl halides is 2. The molecule has 11 rings (SSSR count). The summed E-state index contributed by atoms with van der Waals surface area (Å²) in [7, 11) is 1.37. The number of aryl methyl sites for hydroxylation is 1. The fourth-order valence-electron chi connectivity index (χ4n) is 11.0. The highest BCUT2D eigenvalue weighted by atomic mass is 19.3. The lowest BCUT2D eigenvalue weighted by Crippen LogP contribution is -2.60. The van der Waals surface area contributed by atoms with Crippen LogP contribution in [-0.2, 0) is 45.0 Å². The third kappa shape index (κ3) is 7.76. The van der Waals surface area contributed by atoms with E-state index in [-0.39, 0.29) is 48.2 Å². The second-order valence-corrected chi connectivity index (χ2v) is 18.8. The van der Waals surface area contributed by atoms with Crippen LogP contribution in [0.4, 0.5) is 30.8 Å². The fraction of sp³-hybridized carbons (Fsp3) is 0.408. The zero-order valence-electron chi connectivity index (χ0n) is 38.5. The van der Waals surface area contributed by atoms with Gasteiger partial charge in [-0.05, 0) is 79.6 Å². The number of carbonyl (C=O) groups is 5. The summed E-state index contributed by atoms with van der Waals surface area (Å²) in [4.78, 5) is 74.6. The Morgan fingerprint density at radius 2 is 1.79 bits per heavy atom. The van der Waals surface area contributed by atoms with Crippen molar-refractivity contribution < 1.29 is 42.2 Å². The van der Waals surface area contributed by atoms with Gasteiger partial charge >= 0.3 is 6.09 Å². The Balaban J connectivity index is 0.828. The third-order valence-corrected chi connectivity index (χ3v) is 14.6. The summed E-state index contributed by atoms with van der Waals surface area (Å²) in [6, 6.07) is 9.20. The summed E-state index contributed by atoms with van der Waals surface area (Å²) >= 11 is 0. The van der Waals surface area contributed by atoms with E-state index in [0.29, 0.717) is 98.2 Å². The first-order valence-electron chi connectivity index (χ1n) is 23.6. The molecule has 5 amide bonds. The lowest BCUT2D eigenvalue weighted by Gasteiger charge is -2.44. The van der Waals surface area contributed by atoms with Crippen molar-refractivity contribution >= 4 is 57.8 Å². The minimum absolute atomic E-state index is 0.0349. The maximum atomic E-state index is 15.5. The van der Waals surface area contributed by atoms with Gasteiger partial charge in [-0.1, -0.05) is 0 Å². The number of allylic oxidation sites excluding steroid dienone is 1. The molecule has 5 N–H and O–H groups in total. The van der Waals surface area contributed by atoms with Gasteiger partial charge in [0.2, 0.25) is 11.8 Å². The molecule has 0 radical (unpaired) electrons. The van der Waals surface area contributed by atoms with Crippen LogP contribution in [0.3, 0.4) is 0 Å². The number of fused-ring (bicyclic) bond motifs is 4. The van der Waals surface area contributed by atoms with Crippen LogP contribution in [0.5, 0.6) is 0 Å². The van der Waals surface area contributed by atoms with Crippen molar-refractivity contribution in [2.75, 3.05) is 56.3 Å². The summed E-state index contributed by atoms with van der Waals surface area (Å²) in [6.45, 7) is 3.78. The van der Waals surface area contributed by atoms with Crippen LogP contribution >= 0.6 is 0 Å². The molecule has 19 nitrogen and oxygen atoms in total. The highest BCUT2D eigenvalue weighted by Gasteiger charge is 2.45. The molecular weight excluding hydrogens is 907 g/mol. The van der Waals surface area contributed by atoms with Crippen molar-refractivity contribution in [3.63, 3.8) is 0 Å². The minimum Gasteiger partial charge on any atom is -0.453 e. The number of imide groups is 2. The minimum atomic E-state index is -2.81. The van der Waals surface area contributed by atoms with Gasteiger partial charge < -0.3 is 39.5 Å². The van der Waals surface area contributed by atoms with Crippen molar-refractivity contribution in [3.05, 3.63) is 100 Å². The quantitative estimate of drug-likeness (QED) is 0.0986. The van der Waals surface area contributed by atoms with Gasteiger partial charge in [0.25, 0.3) is 18.2 Å². The SMILES string of the molecule is COC(=O)N1CCc2c(c(N3CCCc4cc(-c5cn(C/C(N)=C/N(N)C6CN(c7ccc8c(c7)C(=O)N(C7CCC(=O)NC7=O)C8=O)C6)c6ccncc56)c(C(F)F)cc43)nn2C2CCOCC2)C1. The number of halogens is 2. The van der Waals surface area contributed by atoms with E-state index in [2.05, 4.69) is 15.0 Å². The number of methoxy groups -OCH3 is 1. The Kier molecular flexibility index (Phi) is 11.5. The summed E-state index contributed by atoms with van der Waals surface area (Å²) in [5.74, 6) is 4.97. The Hall–Kier alpha value is -7.39. The number of nitrogens with one attached hydrogen (secondary N) is 1. The molecule has 3 saturated heterocycles. The number of nitrogens with zero attached hydrogens (tertiary/aromatic N) is 9. The number of pyridine rings is 1. The monoisotopic (exact) mass is 958 g/mol. The van der Waals surface area contributed by atoms with Gasteiger partial charge in [-0.15, -0.1) is 0 Å². The van der Waals surface area contributed by atoms with Gasteiger partial charge in [0.15, 0.2) is 5.82 Å². The Morgan fingerprint density at radius 3 is 2.56 bits per heavy atom. The number of amides is 5. The molecule has 3 aromatic heterocycles. The molecule has 364 valence electrons. The Morgan fingerprint density at radius 1 is 0.986 bits per heavy atom. The molecule has 6 aliphatic heterocycles. The van der Waals surface area contributed by atoms with Crippen LogP contribution in [0, 0.1) is 0 Å². The fourth-order valence-corrected chi connectivity index (χ4v) is 11.0. The first kappa shape index (κ1) is 45.1. The molecule has 6 aliphatic rings. The standard InChI is InChI=1S/C49H52F2N12O7/c1-69-49(68)57-14-9-40-38(26-57)45(56-63(40)29-10-15-70-16-11-29)60-13-2-3-27-17-33(34(44(50)51)19-42(27)60)37-25-59(39-8-12-54-20-36(37)39)21-28(52)22-61(53)31-23-58(24-31)30-4-5-32-35(18-30)48(67)62(47(32)66)41-6-7-43(64)55-46(41)65/h4-5,8,12,17-20,22,25,29,31,41,44H,2-3,6-7,9-11,13-16,21,23-24,26,52-53H2,1H3,(H,55,64,65)/b28-22-. The number of hydrazine groups is 1. The Bertz CT molecular complexity index is 3010. The molecule has 5 aromatic rings. The lowest BCUT2D eigenvalue weighted by atomic mass is 9.91. The number of hydrogen-bond acceptors (Lipinski definition) is 14. The molecule has 0 aliphatic carbocycles. The smallest absolute Gasteiger partial charge is 0.409 e. The van der Waals surface area contributed by atoms with Crippen LogP contribution in [0.2, 0.25) is 0 Å². The van der Waals surface area contributed by atoms with Crippen molar-refractivity contribution in [2.45, 2.75) is 82.6 Å². The number of nitrogens with two attached hydrogens (primary N) is 2. The molecule has 9 heterocycles. The lowest BCUT2D eigenvalue weighted by molar-refractivity contribution is -0.136. The maximum absolute atomic E-state index is 15.5. The second-order valence-electron chi connectivity index (χ2n) is 18.8. The zero-order valence-corrected chi connectivity index (χ0v) is 38.5. The van der Waals surface area contributed by atoms with Crippen LogP contribution in [-0.4, -0.2) is 122 Å². The largest absolute Gasteiger partial charge is 0.453 e. The highest BCUT2D eigenvalue weighted by Crippen LogP contribution is 2.45. The molecule has 1 unspecified atom stereocenters. The molecule has 2 aromatic carbocycles. The predicted molar refractivity (Wildman–Crippen MR) is 251 cm³/mol. The first-order chi connectivity index (χ1) is 33.9. The molecule has 3 fully saturated rings. The van der Waals surface area contributed by atoms with E-state index < -0.39 is 42.2 Å². The van der Waals surface area contributed by atoms with Crippen molar-refractivity contribution in [2.24, 2.45) is 11.6 Å². The molecule has 0 bridgehead atoms. The second kappa shape index (κ2) is 17.8. The number of rotatable bonds is 10. The summed E-state index contributed by atoms with van der Waals surface area (Å²) in [5.41, 5.74) is 13.3. The average Bonchev–Trinajstić information content (AvgIpc) is 3.99. The summed E-state index contributed by atoms with van der Waals surface area (Å²) in [6.07, 6.45) is 7.33. The molecule has 21 heteroatoms. The predicted octanol–water partition coefficient (Wildman–Crippen LogP) is 4.66. The van der Waals surface area contributed by atoms with Gasteiger partial charge in [0.05, 0.1) is 48.9 Å². The van der Waals surface area contributed by atoms with E-state index >= 15 is 8.78 Å². The first-order valence-corrected chi connectivity index (χ1v) is 23.6. The normalized spacial score (nSPS) is 20.0. The number of hydrogen-bond donors (Lipinski definition) is 3. The molecule has 70 heavy (non-hydrogen) atoms. The van der Waals surface area contributed by atoms with E-state index in [1.165, 1.54) is 12.1 Å². The van der Waals surface area contributed by atoms with E-state index in [4.69, 9.17) is 26.1 Å². The number of carbonyl (C=O) groups excluding carboxylic acids is 5. The Labute approximate surface area is 400 Å². The number of aromatic nitrogens is 4. The highest BCUT2D eigenvalue weighted by molar-refractivity contribution is 6.23. The van der Waals surface area contributed by atoms with Crippen molar-refractivity contribution in [3.8, 4) is 11.1 Å². The number of ether oxygens (including phenoxy) is 2. The van der Waals surface area contributed by atoms with E-state index in [9.17, 15) is 24.0 Å². The maximum Gasteiger partial charge on any atom is 0.409 e. The number of benzene rings is 2. The van der Waals surface area contributed by atoms with E-state index in [1.54, 1.807) is 47.8 Å². The van der Waals surface area contributed by atoms with E-state index in [1.807, 2.05) is 32.7 Å². The van der Waals surface area contributed by atoms with E-state index in [0.717, 1.165) is 46.5 Å². The van der Waals surface area contributed by atoms with Crippen LogP contribution in [0.25, 0.3) is 22.0 Å². The zero-order chi connectivity index (χ0) is 48.5. The third-order valence-electron chi connectivity index (χ3n) is 14.6. The summed E-state index contributed by atoms with van der Waals surface area (Å²) < 4.78 is 45.7. The average molecular weight is 959 g/mol. The van der Waals surface area contributed by atoms with Gasteiger partial charge in [0, 0.05) is 122 Å². The van der Waals surface area contributed by atoms with Gasteiger partial charge in [-0.2, -0.15) is 5.10 Å². The molecule has 0 saturated carbocycles. The topological polar surface area (TPSA) is 220 Å². The molecule has 0 spiro atoms. The van der Waals surface area contributed by atoms with Gasteiger partial charge in [-0.25, -0.2) is 19.4 Å². The van der Waals surface area contributed by atoms with Crippen LogP contribution in [0.1, 0.15) is 87.7 Å². The van der Waals surface area contributed by atoms with Crippen LogP contribution < -0.4 is 26.7 Å². The molecule has 1 atom stereocenters. The van der Waals surface area contributed by atoms with Gasteiger partial charge in [0.1, 0.15) is 6.04 Å². The van der Waals surface area contributed by atoms with Gasteiger partial charge in [-0.3, -0.25) is 39.1 Å². The number of piperidine rings is 1. The number of anilines is 3. The van der Waals surface area contributed by atoms with Crippen molar-refractivity contribution in [1.29, 1.82) is 0 Å². The van der Waals surface area contributed by atoms with Crippen molar-refractivity contribution in [1.82, 2.24) is 39.5 Å².